The highest BCUT2D eigenvalue weighted by molar-refractivity contribution is 6.05. The van der Waals surface area contributed by atoms with Crippen LogP contribution in [0.2, 0.25) is 0 Å². The number of nitrogens with one attached hydrogen (secondary N) is 1. The molecule has 0 radical (unpaired) electrons. The van der Waals surface area contributed by atoms with Crippen molar-refractivity contribution in [3.05, 3.63) is 52.7 Å². The maximum atomic E-state index is 12.6. The normalized spacial score (nSPS) is 12.1. The van der Waals surface area contributed by atoms with Crippen LogP contribution >= 0.6 is 0 Å². The fraction of sp³-hybridized carbons (Fsp3) is 0.333. The average molecular weight is 382 g/mol. The molecule has 7 heteroatoms. The molecular weight excluding hydrogens is 360 g/mol. The average Bonchev–Trinajstić information content (AvgIpc) is 3.19. The molecule has 2 aromatic heterocycles. The third-order valence-electron chi connectivity index (χ3n) is 4.59. The molecule has 0 unspecified atom stereocenters. The van der Waals surface area contributed by atoms with E-state index >= 15 is 0 Å². The number of H-pyrrole nitrogens is 1. The lowest BCUT2D eigenvalue weighted by atomic mass is 10.0. The highest BCUT2D eigenvalue weighted by Gasteiger charge is 2.26. The SMILES string of the molecule is CC(=O)c1c(C)[nH]c(C(=O)[C@@H](C)OC(=O)CCc2nc3ccccc3o2)c1C. The van der Waals surface area contributed by atoms with E-state index in [1.54, 1.807) is 19.9 Å². The van der Waals surface area contributed by atoms with Crippen LogP contribution in [0.4, 0.5) is 0 Å². The molecular formula is C21H22N2O5. The first-order valence-corrected chi connectivity index (χ1v) is 9.06. The number of aromatic amines is 1. The summed E-state index contributed by atoms with van der Waals surface area (Å²) in [5.41, 5.74) is 3.38. The number of rotatable bonds is 7. The Labute approximate surface area is 162 Å². The highest BCUT2D eigenvalue weighted by Crippen LogP contribution is 2.21. The predicted molar refractivity (Wildman–Crippen MR) is 102 cm³/mol. The largest absolute Gasteiger partial charge is 0.454 e. The summed E-state index contributed by atoms with van der Waals surface area (Å²) in [5, 5.41) is 0. The Kier molecular flexibility index (Phi) is 5.44. The predicted octanol–water partition coefficient (Wildman–Crippen LogP) is 3.72. The molecule has 7 nitrogen and oxygen atoms in total. The van der Waals surface area contributed by atoms with Crippen LogP contribution in [0, 0.1) is 13.8 Å². The van der Waals surface area contributed by atoms with Crippen molar-refractivity contribution in [3.63, 3.8) is 0 Å². The third kappa shape index (κ3) is 3.88. The summed E-state index contributed by atoms with van der Waals surface area (Å²) in [6.45, 7) is 6.41. The number of nitrogens with zero attached hydrogens (tertiary/aromatic N) is 1. The van der Waals surface area contributed by atoms with Crippen molar-refractivity contribution in [2.75, 3.05) is 0 Å². The summed E-state index contributed by atoms with van der Waals surface area (Å²) in [4.78, 5) is 43.7. The number of aromatic nitrogens is 2. The van der Waals surface area contributed by atoms with Crippen molar-refractivity contribution in [1.29, 1.82) is 0 Å². The smallest absolute Gasteiger partial charge is 0.307 e. The van der Waals surface area contributed by atoms with E-state index in [-0.39, 0.29) is 24.4 Å². The third-order valence-corrected chi connectivity index (χ3v) is 4.59. The molecule has 0 saturated carbocycles. The van der Waals surface area contributed by atoms with Gasteiger partial charge in [-0.15, -0.1) is 0 Å². The number of ether oxygens (including phenoxy) is 1. The van der Waals surface area contributed by atoms with E-state index in [9.17, 15) is 14.4 Å². The molecule has 0 spiro atoms. The second-order valence-electron chi connectivity index (χ2n) is 6.75. The first kappa shape index (κ1) is 19.5. The number of ketones is 2. The molecule has 3 rings (SSSR count). The first-order chi connectivity index (χ1) is 13.3. The molecule has 3 aromatic rings. The summed E-state index contributed by atoms with van der Waals surface area (Å²) in [5.74, 6) is -0.563. The van der Waals surface area contributed by atoms with Crippen LogP contribution in [0.1, 0.15) is 58.3 Å². The number of carbonyl (C=O) groups is 3. The second kappa shape index (κ2) is 7.80. The maximum Gasteiger partial charge on any atom is 0.307 e. The van der Waals surface area contributed by atoms with Gasteiger partial charge in [0.1, 0.15) is 5.52 Å². The number of Topliss-reactive ketones (excluding diaryl/α,β-unsaturated/α-hetero) is 2. The molecule has 28 heavy (non-hydrogen) atoms. The van der Waals surface area contributed by atoms with Gasteiger partial charge in [-0.2, -0.15) is 0 Å². The summed E-state index contributed by atoms with van der Waals surface area (Å²) in [7, 11) is 0. The van der Waals surface area contributed by atoms with E-state index in [1.165, 1.54) is 13.8 Å². The molecule has 2 heterocycles. The van der Waals surface area contributed by atoms with Crippen LogP contribution in [0.15, 0.2) is 28.7 Å². The minimum atomic E-state index is -0.965. The standard InChI is InChI=1S/C21H22N2O5/c1-11-19(13(3)24)12(2)22-20(11)21(26)14(4)27-18(25)10-9-17-23-15-7-5-6-8-16(15)28-17/h5-8,14,22H,9-10H2,1-4H3/t14-/m1/s1. The Bertz CT molecular complexity index is 1030. The lowest BCUT2D eigenvalue weighted by Gasteiger charge is -2.12. The number of para-hydroxylation sites is 2. The summed E-state index contributed by atoms with van der Waals surface area (Å²) < 4.78 is 10.8. The number of hydrogen-bond acceptors (Lipinski definition) is 6. The maximum absolute atomic E-state index is 12.6. The van der Waals surface area contributed by atoms with Gasteiger partial charge in [-0.05, 0) is 45.4 Å². The lowest BCUT2D eigenvalue weighted by Crippen LogP contribution is -2.25. The Morgan fingerprint density at radius 1 is 1.21 bits per heavy atom. The molecule has 1 N–H and O–H groups in total. The first-order valence-electron chi connectivity index (χ1n) is 9.06. The van der Waals surface area contributed by atoms with Gasteiger partial charge in [0.15, 0.2) is 23.4 Å². The van der Waals surface area contributed by atoms with Crippen molar-refractivity contribution >= 4 is 28.6 Å². The topological polar surface area (TPSA) is 102 Å². The fourth-order valence-electron chi connectivity index (χ4n) is 3.27. The van der Waals surface area contributed by atoms with Gasteiger partial charge < -0.3 is 14.1 Å². The molecule has 0 saturated heterocycles. The number of oxazole rings is 1. The zero-order chi connectivity index (χ0) is 20.4. The Morgan fingerprint density at radius 3 is 2.57 bits per heavy atom. The van der Waals surface area contributed by atoms with Crippen LogP contribution in [0.5, 0.6) is 0 Å². The monoisotopic (exact) mass is 382 g/mol. The number of esters is 1. The number of carbonyl (C=O) groups excluding carboxylic acids is 3. The minimum absolute atomic E-state index is 0.0475. The van der Waals surface area contributed by atoms with Gasteiger partial charge in [0, 0.05) is 17.7 Å². The van der Waals surface area contributed by atoms with Crippen LogP contribution in [-0.2, 0) is 16.0 Å². The van der Waals surface area contributed by atoms with Crippen molar-refractivity contribution in [2.45, 2.75) is 46.6 Å². The lowest BCUT2D eigenvalue weighted by molar-refractivity contribution is -0.146. The van der Waals surface area contributed by atoms with Gasteiger partial charge in [-0.1, -0.05) is 12.1 Å². The quantitative estimate of drug-likeness (QED) is 0.493. The number of benzene rings is 1. The second-order valence-corrected chi connectivity index (χ2v) is 6.75. The van der Waals surface area contributed by atoms with Gasteiger partial charge in [-0.25, -0.2) is 4.98 Å². The van der Waals surface area contributed by atoms with Gasteiger partial charge >= 0.3 is 5.97 Å². The van der Waals surface area contributed by atoms with E-state index < -0.39 is 12.1 Å². The zero-order valence-corrected chi connectivity index (χ0v) is 16.3. The molecule has 0 aliphatic heterocycles. The van der Waals surface area contributed by atoms with E-state index in [4.69, 9.17) is 9.15 Å². The van der Waals surface area contributed by atoms with E-state index in [0.29, 0.717) is 34.0 Å². The van der Waals surface area contributed by atoms with E-state index in [2.05, 4.69) is 9.97 Å². The highest BCUT2D eigenvalue weighted by atomic mass is 16.5. The molecule has 0 fully saturated rings. The Balaban J connectivity index is 1.61. The van der Waals surface area contributed by atoms with Crippen molar-refractivity contribution < 1.29 is 23.5 Å². The van der Waals surface area contributed by atoms with Crippen molar-refractivity contribution in [1.82, 2.24) is 9.97 Å². The molecule has 0 aliphatic rings. The van der Waals surface area contributed by atoms with Gasteiger partial charge in [0.2, 0.25) is 5.78 Å². The van der Waals surface area contributed by atoms with Gasteiger partial charge in [-0.3, -0.25) is 14.4 Å². The van der Waals surface area contributed by atoms with Crippen LogP contribution < -0.4 is 0 Å². The number of fused-ring (bicyclic) bond motifs is 1. The number of aryl methyl sites for hydroxylation is 2. The van der Waals surface area contributed by atoms with Crippen LogP contribution in [0.3, 0.4) is 0 Å². The van der Waals surface area contributed by atoms with E-state index in [0.717, 1.165) is 5.52 Å². The Hall–Kier alpha value is -3.22. The fourth-order valence-corrected chi connectivity index (χ4v) is 3.27. The molecule has 1 aromatic carbocycles. The molecule has 1 atom stereocenters. The molecule has 0 aliphatic carbocycles. The van der Waals surface area contributed by atoms with Crippen molar-refractivity contribution in [2.24, 2.45) is 0 Å². The van der Waals surface area contributed by atoms with E-state index in [1.807, 2.05) is 18.2 Å². The van der Waals surface area contributed by atoms with Gasteiger partial charge in [0.25, 0.3) is 0 Å². The molecule has 0 amide bonds. The Morgan fingerprint density at radius 2 is 1.93 bits per heavy atom. The molecule has 146 valence electrons. The molecule has 0 bridgehead atoms. The van der Waals surface area contributed by atoms with Crippen molar-refractivity contribution in [3.8, 4) is 0 Å². The van der Waals surface area contributed by atoms with Gasteiger partial charge in [0.05, 0.1) is 12.1 Å². The summed E-state index contributed by atoms with van der Waals surface area (Å²) >= 11 is 0. The van der Waals surface area contributed by atoms with Crippen LogP contribution in [-0.4, -0.2) is 33.6 Å². The van der Waals surface area contributed by atoms with Crippen LogP contribution in [0.25, 0.3) is 11.1 Å². The summed E-state index contributed by atoms with van der Waals surface area (Å²) in [6.07, 6.45) is -0.636. The zero-order valence-electron chi connectivity index (χ0n) is 16.3. The summed E-state index contributed by atoms with van der Waals surface area (Å²) in [6, 6.07) is 7.34. The number of hydrogen-bond donors (Lipinski definition) is 1. The minimum Gasteiger partial charge on any atom is -0.454 e.